The molecule has 0 saturated carbocycles. The van der Waals surface area contributed by atoms with E-state index in [1.165, 1.54) is 19.3 Å². The first-order valence-corrected chi connectivity index (χ1v) is 7.16. The third-order valence-electron chi connectivity index (χ3n) is 3.18. The van der Waals surface area contributed by atoms with Crippen LogP contribution >= 0.6 is 0 Å². The molecule has 3 nitrogen and oxygen atoms in total. The summed E-state index contributed by atoms with van der Waals surface area (Å²) in [5.74, 6) is 6.50. The largest absolute Gasteiger partial charge is 0.496 e. The van der Waals surface area contributed by atoms with Gasteiger partial charge in [0.25, 0.3) is 0 Å². The van der Waals surface area contributed by atoms with E-state index in [-0.39, 0.29) is 6.61 Å². The first-order valence-electron chi connectivity index (χ1n) is 7.16. The Morgan fingerprint density at radius 1 is 1.30 bits per heavy atom. The molecule has 3 heteroatoms. The highest BCUT2D eigenvalue weighted by Gasteiger charge is 2.07. The average Bonchev–Trinajstić information content (AvgIpc) is 2.45. The number of rotatable bonds is 7. The molecule has 0 aliphatic rings. The lowest BCUT2D eigenvalue weighted by Gasteiger charge is -2.18. The predicted octanol–water partition coefficient (Wildman–Crippen LogP) is 2.66. The van der Waals surface area contributed by atoms with E-state index in [9.17, 15) is 0 Å². The molecule has 0 bridgehead atoms. The summed E-state index contributed by atoms with van der Waals surface area (Å²) in [5, 5.41) is 8.76. The van der Waals surface area contributed by atoms with Gasteiger partial charge in [-0.1, -0.05) is 31.6 Å². The Hall–Kier alpha value is -1.50. The molecule has 0 radical (unpaired) electrons. The zero-order valence-corrected chi connectivity index (χ0v) is 12.8. The van der Waals surface area contributed by atoms with Gasteiger partial charge in [0.05, 0.1) is 7.11 Å². The standard InChI is InChI=1S/C17H25NO2/c1-4-5-6-11-18(2)14-16-13-15(8-7-12-19)9-10-17(16)20-3/h9-10,13,19H,4-6,11-12,14H2,1-3H3. The number of hydrogen-bond acceptors (Lipinski definition) is 3. The molecule has 0 heterocycles. The van der Waals surface area contributed by atoms with Crippen LogP contribution in [0.25, 0.3) is 0 Å². The maximum absolute atomic E-state index is 8.76. The number of nitrogens with zero attached hydrogens (tertiary/aromatic N) is 1. The molecule has 1 aromatic rings. The van der Waals surface area contributed by atoms with E-state index in [1.807, 2.05) is 18.2 Å². The summed E-state index contributed by atoms with van der Waals surface area (Å²) in [4.78, 5) is 2.30. The van der Waals surface area contributed by atoms with Crippen LogP contribution in [0.4, 0.5) is 0 Å². The van der Waals surface area contributed by atoms with E-state index in [0.717, 1.165) is 30.0 Å². The topological polar surface area (TPSA) is 32.7 Å². The quantitative estimate of drug-likeness (QED) is 0.613. The van der Waals surface area contributed by atoms with Crippen LogP contribution < -0.4 is 4.74 Å². The van der Waals surface area contributed by atoms with Gasteiger partial charge >= 0.3 is 0 Å². The van der Waals surface area contributed by atoms with Crippen molar-refractivity contribution in [1.29, 1.82) is 0 Å². The molecule has 110 valence electrons. The van der Waals surface area contributed by atoms with Crippen molar-refractivity contribution in [2.24, 2.45) is 0 Å². The van der Waals surface area contributed by atoms with Crippen molar-refractivity contribution in [3.05, 3.63) is 29.3 Å². The van der Waals surface area contributed by atoms with Crippen molar-refractivity contribution < 1.29 is 9.84 Å². The molecule has 0 aromatic heterocycles. The van der Waals surface area contributed by atoms with Gasteiger partial charge in [0, 0.05) is 17.7 Å². The number of ether oxygens (including phenoxy) is 1. The SMILES string of the molecule is CCCCCN(C)Cc1cc(C#CCO)ccc1OC. The number of aliphatic hydroxyl groups is 1. The monoisotopic (exact) mass is 275 g/mol. The van der Waals surface area contributed by atoms with E-state index >= 15 is 0 Å². The summed E-state index contributed by atoms with van der Waals surface area (Å²) in [6, 6.07) is 5.90. The summed E-state index contributed by atoms with van der Waals surface area (Å²) in [7, 11) is 3.82. The summed E-state index contributed by atoms with van der Waals surface area (Å²) >= 11 is 0. The van der Waals surface area contributed by atoms with Crippen molar-refractivity contribution in [2.45, 2.75) is 32.7 Å². The van der Waals surface area contributed by atoms with Crippen molar-refractivity contribution in [2.75, 3.05) is 27.3 Å². The zero-order chi connectivity index (χ0) is 14.8. The molecule has 0 unspecified atom stereocenters. The fourth-order valence-corrected chi connectivity index (χ4v) is 2.12. The first-order chi connectivity index (χ1) is 9.71. The van der Waals surface area contributed by atoms with Crippen molar-refractivity contribution in [3.8, 4) is 17.6 Å². The predicted molar refractivity (Wildman–Crippen MR) is 82.8 cm³/mol. The van der Waals surface area contributed by atoms with Gasteiger partial charge in [0.1, 0.15) is 12.4 Å². The Kier molecular flexibility index (Phi) is 7.79. The molecule has 20 heavy (non-hydrogen) atoms. The van der Waals surface area contributed by atoms with E-state index < -0.39 is 0 Å². The van der Waals surface area contributed by atoms with E-state index in [4.69, 9.17) is 9.84 Å². The van der Waals surface area contributed by atoms with Gasteiger partial charge in [0.15, 0.2) is 0 Å². The van der Waals surface area contributed by atoms with Crippen LogP contribution in [0.5, 0.6) is 5.75 Å². The van der Waals surface area contributed by atoms with Crippen molar-refractivity contribution >= 4 is 0 Å². The number of methoxy groups -OCH3 is 1. The van der Waals surface area contributed by atoms with Crippen molar-refractivity contribution in [1.82, 2.24) is 4.90 Å². The Morgan fingerprint density at radius 3 is 2.75 bits per heavy atom. The van der Waals surface area contributed by atoms with Gasteiger partial charge in [-0.25, -0.2) is 0 Å². The smallest absolute Gasteiger partial charge is 0.123 e. The number of benzene rings is 1. The summed E-state index contributed by atoms with van der Waals surface area (Å²) in [6.45, 7) is 4.04. The fourth-order valence-electron chi connectivity index (χ4n) is 2.12. The Balaban J connectivity index is 2.74. The Morgan fingerprint density at radius 2 is 2.10 bits per heavy atom. The van der Waals surface area contributed by atoms with Gasteiger partial charge in [-0.2, -0.15) is 0 Å². The fraction of sp³-hybridized carbons (Fsp3) is 0.529. The highest BCUT2D eigenvalue weighted by Crippen LogP contribution is 2.21. The molecule has 0 saturated heterocycles. The molecule has 0 fully saturated rings. The molecular weight excluding hydrogens is 250 g/mol. The molecule has 0 aliphatic carbocycles. The van der Waals surface area contributed by atoms with Gasteiger partial charge < -0.3 is 14.7 Å². The molecule has 1 N–H and O–H groups in total. The normalized spacial score (nSPS) is 10.2. The summed E-state index contributed by atoms with van der Waals surface area (Å²) in [5.41, 5.74) is 2.05. The zero-order valence-electron chi connectivity index (χ0n) is 12.8. The van der Waals surface area contributed by atoms with Crippen LogP contribution in [0.15, 0.2) is 18.2 Å². The van der Waals surface area contributed by atoms with Gasteiger partial charge in [-0.3, -0.25) is 0 Å². The lowest BCUT2D eigenvalue weighted by atomic mass is 10.1. The second-order valence-corrected chi connectivity index (χ2v) is 4.93. The Bertz CT molecular complexity index is 460. The van der Waals surface area contributed by atoms with Crippen LogP contribution in [0, 0.1) is 11.8 Å². The minimum absolute atomic E-state index is 0.113. The first kappa shape index (κ1) is 16.6. The average molecular weight is 275 g/mol. The third-order valence-corrected chi connectivity index (χ3v) is 3.18. The van der Waals surface area contributed by atoms with Gasteiger partial charge in [-0.15, -0.1) is 0 Å². The molecule has 1 aromatic carbocycles. The Labute approximate surface area is 122 Å². The van der Waals surface area contributed by atoms with E-state index in [0.29, 0.717) is 0 Å². The number of hydrogen-bond donors (Lipinski definition) is 1. The summed E-state index contributed by atoms with van der Waals surface area (Å²) in [6.07, 6.45) is 3.73. The van der Waals surface area contributed by atoms with Crippen LogP contribution in [0.1, 0.15) is 37.3 Å². The van der Waals surface area contributed by atoms with Crippen LogP contribution in [-0.4, -0.2) is 37.3 Å². The van der Waals surface area contributed by atoms with Gasteiger partial charge in [0.2, 0.25) is 0 Å². The van der Waals surface area contributed by atoms with Gasteiger partial charge in [-0.05, 0) is 38.2 Å². The lowest BCUT2D eigenvalue weighted by molar-refractivity contribution is 0.310. The molecular formula is C17H25NO2. The maximum Gasteiger partial charge on any atom is 0.123 e. The van der Waals surface area contributed by atoms with Crippen LogP contribution in [-0.2, 0) is 6.54 Å². The second-order valence-electron chi connectivity index (χ2n) is 4.93. The molecule has 0 aliphatic heterocycles. The highest BCUT2D eigenvalue weighted by atomic mass is 16.5. The lowest BCUT2D eigenvalue weighted by Crippen LogP contribution is -2.19. The van der Waals surface area contributed by atoms with E-state index in [1.54, 1.807) is 7.11 Å². The van der Waals surface area contributed by atoms with Crippen molar-refractivity contribution in [3.63, 3.8) is 0 Å². The third kappa shape index (κ3) is 5.64. The second kappa shape index (κ2) is 9.41. The summed E-state index contributed by atoms with van der Waals surface area (Å²) < 4.78 is 5.41. The van der Waals surface area contributed by atoms with Crippen LogP contribution in [0.2, 0.25) is 0 Å². The minimum atomic E-state index is -0.113. The number of unbranched alkanes of at least 4 members (excludes halogenated alkanes) is 2. The molecule has 0 spiro atoms. The van der Waals surface area contributed by atoms with Crippen LogP contribution in [0.3, 0.4) is 0 Å². The highest BCUT2D eigenvalue weighted by molar-refractivity contribution is 5.44. The molecule has 0 amide bonds. The molecule has 1 rings (SSSR count). The van der Waals surface area contributed by atoms with E-state index in [2.05, 4.69) is 30.7 Å². The minimum Gasteiger partial charge on any atom is -0.496 e. The number of aliphatic hydroxyl groups excluding tert-OH is 1. The molecule has 0 atom stereocenters. The maximum atomic E-state index is 8.76.